The Hall–Kier alpha value is -3.61. The van der Waals surface area contributed by atoms with Crippen molar-refractivity contribution in [3.63, 3.8) is 0 Å². The molecule has 170 valence electrons. The van der Waals surface area contributed by atoms with E-state index in [1.165, 1.54) is 19.3 Å². The van der Waals surface area contributed by atoms with Gasteiger partial charge in [-0.2, -0.15) is 0 Å². The highest BCUT2D eigenvalue weighted by Crippen LogP contribution is 2.31. The molecule has 33 heavy (non-hydrogen) atoms. The summed E-state index contributed by atoms with van der Waals surface area (Å²) in [7, 11) is 0. The number of carbonyl (C=O) groups excluding carboxylic acids is 1. The Labute approximate surface area is 192 Å². The van der Waals surface area contributed by atoms with Crippen LogP contribution in [0.4, 0.5) is 0 Å². The molecule has 1 fully saturated rings. The number of para-hydroxylation sites is 1. The number of aromatic nitrogens is 4. The molecule has 7 nitrogen and oxygen atoms in total. The van der Waals surface area contributed by atoms with Gasteiger partial charge < -0.3 is 9.88 Å². The molecule has 4 aromatic rings. The maximum Gasteiger partial charge on any atom is 0.279 e. The Morgan fingerprint density at radius 2 is 1.88 bits per heavy atom. The molecular formula is C26H29N5O2. The molecule has 1 N–H and O–H groups in total. The number of nitrogens with zero attached hydrogens (tertiary/aromatic N) is 4. The van der Waals surface area contributed by atoms with Crippen molar-refractivity contribution in [1.29, 1.82) is 0 Å². The zero-order valence-electron chi connectivity index (χ0n) is 18.7. The second kappa shape index (κ2) is 9.48. The van der Waals surface area contributed by atoms with Crippen LogP contribution in [0.25, 0.3) is 16.6 Å². The van der Waals surface area contributed by atoms with Gasteiger partial charge in [-0.05, 0) is 49.6 Å². The second-order valence-corrected chi connectivity index (χ2v) is 8.73. The van der Waals surface area contributed by atoms with E-state index in [0.29, 0.717) is 17.5 Å². The van der Waals surface area contributed by atoms with E-state index in [1.54, 1.807) is 23.3 Å². The Morgan fingerprint density at radius 1 is 1.06 bits per heavy atom. The van der Waals surface area contributed by atoms with Crippen LogP contribution in [0, 0.1) is 0 Å². The van der Waals surface area contributed by atoms with Crippen molar-refractivity contribution >= 4 is 16.8 Å². The molecule has 7 heteroatoms. The third-order valence-electron chi connectivity index (χ3n) is 6.50. The summed E-state index contributed by atoms with van der Waals surface area (Å²) in [5.41, 5.74) is 2.20. The van der Waals surface area contributed by atoms with E-state index in [4.69, 9.17) is 0 Å². The standard InChI is InChI=1S/C26H29N5O2/c32-25(28-14-7-16-29-17-15-27-19-29)20-12-13-24-23(18-20)26(33)31(22-10-5-2-6-11-22)30(24)21-8-3-1-4-9-21/h2,5-6,10-13,15,17-19,21H,1,3-4,7-9,14,16H2,(H,28,32). The smallest absolute Gasteiger partial charge is 0.279 e. The van der Waals surface area contributed by atoms with Crippen LogP contribution in [0.2, 0.25) is 0 Å². The van der Waals surface area contributed by atoms with Gasteiger partial charge in [0.2, 0.25) is 0 Å². The van der Waals surface area contributed by atoms with Crippen LogP contribution < -0.4 is 10.9 Å². The van der Waals surface area contributed by atoms with Crippen LogP contribution in [-0.2, 0) is 6.54 Å². The van der Waals surface area contributed by atoms with E-state index in [1.807, 2.05) is 53.2 Å². The number of imidazole rings is 1. The molecule has 0 unspecified atom stereocenters. The minimum Gasteiger partial charge on any atom is -0.352 e. The van der Waals surface area contributed by atoms with Crippen LogP contribution in [-0.4, -0.2) is 31.4 Å². The lowest BCUT2D eigenvalue weighted by molar-refractivity contribution is 0.0953. The summed E-state index contributed by atoms with van der Waals surface area (Å²) in [6, 6.07) is 15.6. The molecule has 1 aliphatic rings. The zero-order chi connectivity index (χ0) is 22.6. The number of amides is 1. The third kappa shape index (κ3) is 4.35. The second-order valence-electron chi connectivity index (χ2n) is 8.73. The van der Waals surface area contributed by atoms with E-state index < -0.39 is 0 Å². The van der Waals surface area contributed by atoms with Crippen molar-refractivity contribution in [1.82, 2.24) is 24.2 Å². The highest BCUT2D eigenvalue weighted by atomic mass is 16.2. The summed E-state index contributed by atoms with van der Waals surface area (Å²) in [5.74, 6) is -0.154. The van der Waals surface area contributed by atoms with E-state index >= 15 is 0 Å². The Kier molecular flexibility index (Phi) is 6.11. The van der Waals surface area contributed by atoms with E-state index in [9.17, 15) is 9.59 Å². The first-order chi connectivity index (χ1) is 16.2. The maximum absolute atomic E-state index is 13.6. The van der Waals surface area contributed by atoms with Crippen molar-refractivity contribution < 1.29 is 4.79 Å². The number of rotatable bonds is 7. The molecule has 2 heterocycles. The fraction of sp³-hybridized carbons (Fsp3) is 0.346. The average molecular weight is 444 g/mol. The SMILES string of the molecule is O=C(NCCCn1ccnc1)c1ccc2c(c1)c(=O)n(-c1ccccc1)n2C1CCCCC1. The van der Waals surface area contributed by atoms with Gasteiger partial charge in [0.05, 0.1) is 29.0 Å². The van der Waals surface area contributed by atoms with Crippen molar-refractivity contribution in [3.05, 3.63) is 83.2 Å². The largest absolute Gasteiger partial charge is 0.352 e. The van der Waals surface area contributed by atoms with Gasteiger partial charge in [-0.3, -0.25) is 14.3 Å². The molecule has 5 rings (SSSR count). The lowest BCUT2D eigenvalue weighted by Crippen LogP contribution is -2.25. The number of hydrogen-bond acceptors (Lipinski definition) is 3. The van der Waals surface area contributed by atoms with Crippen molar-refractivity contribution in [3.8, 4) is 5.69 Å². The minimum atomic E-state index is -0.154. The maximum atomic E-state index is 13.6. The lowest BCUT2D eigenvalue weighted by atomic mass is 9.95. The summed E-state index contributed by atoms with van der Waals surface area (Å²) < 4.78 is 5.95. The monoisotopic (exact) mass is 443 g/mol. The van der Waals surface area contributed by atoms with Gasteiger partial charge in [0.1, 0.15) is 0 Å². The molecule has 0 radical (unpaired) electrons. The van der Waals surface area contributed by atoms with Crippen LogP contribution in [0.1, 0.15) is 54.9 Å². The molecule has 1 amide bonds. The molecular weight excluding hydrogens is 414 g/mol. The van der Waals surface area contributed by atoms with Gasteiger partial charge >= 0.3 is 0 Å². The number of nitrogens with one attached hydrogen (secondary N) is 1. The van der Waals surface area contributed by atoms with E-state index in [-0.39, 0.29) is 17.5 Å². The van der Waals surface area contributed by atoms with Crippen LogP contribution in [0.15, 0.2) is 72.0 Å². The van der Waals surface area contributed by atoms with Crippen LogP contribution in [0.3, 0.4) is 0 Å². The predicted octanol–water partition coefficient (Wildman–Crippen LogP) is 4.31. The Balaban J connectivity index is 1.44. The molecule has 0 bridgehead atoms. The summed E-state index contributed by atoms with van der Waals surface area (Å²) in [6.07, 6.45) is 12.0. The zero-order valence-corrected chi connectivity index (χ0v) is 18.7. The molecule has 1 aliphatic carbocycles. The van der Waals surface area contributed by atoms with Crippen molar-refractivity contribution in [2.45, 2.75) is 51.1 Å². The van der Waals surface area contributed by atoms with Gasteiger partial charge in [0.15, 0.2) is 0 Å². The van der Waals surface area contributed by atoms with Crippen molar-refractivity contribution in [2.24, 2.45) is 0 Å². The van der Waals surface area contributed by atoms with Gasteiger partial charge in [0, 0.05) is 31.0 Å². The van der Waals surface area contributed by atoms with E-state index in [2.05, 4.69) is 15.0 Å². The first kappa shape index (κ1) is 21.2. The quantitative estimate of drug-likeness (QED) is 0.433. The highest BCUT2D eigenvalue weighted by molar-refractivity contribution is 5.98. The van der Waals surface area contributed by atoms with Crippen LogP contribution >= 0.6 is 0 Å². The number of benzene rings is 2. The number of hydrogen-bond donors (Lipinski definition) is 1. The molecule has 2 aromatic carbocycles. The number of aryl methyl sites for hydroxylation is 1. The predicted molar refractivity (Wildman–Crippen MR) is 129 cm³/mol. The Bertz CT molecular complexity index is 1280. The first-order valence-corrected chi connectivity index (χ1v) is 11.8. The van der Waals surface area contributed by atoms with Gasteiger partial charge in [-0.15, -0.1) is 0 Å². The minimum absolute atomic E-state index is 0.0727. The normalized spacial score (nSPS) is 14.5. The van der Waals surface area contributed by atoms with Gasteiger partial charge in [0.25, 0.3) is 11.5 Å². The molecule has 1 saturated carbocycles. The summed E-state index contributed by atoms with van der Waals surface area (Å²) >= 11 is 0. The average Bonchev–Trinajstić information content (AvgIpc) is 3.49. The topological polar surface area (TPSA) is 73.8 Å². The Morgan fingerprint density at radius 3 is 2.64 bits per heavy atom. The number of fused-ring (bicyclic) bond motifs is 1. The summed E-state index contributed by atoms with van der Waals surface area (Å²) in [5, 5.41) is 3.57. The highest BCUT2D eigenvalue weighted by Gasteiger charge is 2.24. The summed E-state index contributed by atoms with van der Waals surface area (Å²) in [6.45, 7) is 1.36. The van der Waals surface area contributed by atoms with Crippen LogP contribution in [0.5, 0.6) is 0 Å². The van der Waals surface area contributed by atoms with Crippen molar-refractivity contribution in [2.75, 3.05) is 6.54 Å². The number of carbonyl (C=O) groups is 1. The lowest BCUT2D eigenvalue weighted by Gasteiger charge is -2.26. The summed E-state index contributed by atoms with van der Waals surface area (Å²) in [4.78, 5) is 30.4. The van der Waals surface area contributed by atoms with Gasteiger partial charge in [-0.25, -0.2) is 9.67 Å². The molecule has 0 spiro atoms. The van der Waals surface area contributed by atoms with Gasteiger partial charge in [-0.1, -0.05) is 37.5 Å². The molecule has 0 saturated heterocycles. The molecule has 0 aliphatic heterocycles. The fourth-order valence-electron chi connectivity index (χ4n) is 4.85. The third-order valence-corrected chi connectivity index (χ3v) is 6.50. The van der Waals surface area contributed by atoms with E-state index in [0.717, 1.165) is 37.0 Å². The molecule has 0 atom stereocenters. The fourth-order valence-corrected chi connectivity index (χ4v) is 4.85. The molecule has 2 aromatic heterocycles. The first-order valence-electron chi connectivity index (χ1n) is 11.8.